The van der Waals surface area contributed by atoms with Crippen molar-refractivity contribution in [3.05, 3.63) is 23.9 Å². The van der Waals surface area contributed by atoms with E-state index in [1.54, 1.807) is 0 Å². The number of aromatic nitrogens is 1. The van der Waals surface area contributed by atoms with Crippen LogP contribution in [-0.2, 0) is 11.3 Å². The van der Waals surface area contributed by atoms with E-state index < -0.39 is 0 Å². The number of carbonyl (C=O) groups excluding carboxylic acids is 1. The third-order valence-corrected chi connectivity index (χ3v) is 4.93. The zero-order valence-corrected chi connectivity index (χ0v) is 13.4. The normalized spacial score (nSPS) is 19.4. The Bertz CT molecular complexity index is 474. The Morgan fingerprint density at radius 2 is 1.91 bits per heavy atom. The van der Waals surface area contributed by atoms with E-state index in [1.165, 1.54) is 44.9 Å². The summed E-state index contributed by atoms with van der Waals surface area (Å²) in [6.45, 7) is 2.83. The summed E-state index contributed by atoms with van der Waals surface area (Å²) in [5.74, 6) is 1.87. The summed E-state index contributed by atoms with van der Waals surface area (Å²) in [6, 6.07) is 4.18. The fourth-order valence-corrected chi connectivity index (χ4v) is 3.58. The van der Waals surface area contributed by atoms with Gasteiger partial charge in [-0.15, -0.1) is 0 Å². The molecule has 2 heterocycles. The molecule has 1 aliphatic carbocycles. The number of rotatable bonds is 5. The fraction of sp³-hybridized carbons (Fsp3) is 0.667. The molecule has 0 atom stereocenters. The molecule has 1 saturated heterocycles. The van der Waals surface area contributed by atoms with Crippen LogP contribution in [0.5, 0.6) is 0 Å². The second-order valence-corrected chi connectivity index (χ2v) is 6.70. The number of nitrogens with one attached hydrogen (secondary N) is 1. The Hall–Kier alpha value is -1.58. The predicted molar refractivity (Wildman–Crippen MR) is 88.7 cm³/mol. The van der Waals surface area contributed by atoms with Gasteiger partial charge in [0, 0.05) is 32.3 Å². The van der Waals surface area contributed by atoms with Gasteiger partial charge in [-0.25, -0.2) is 4.98 Å². The van der Waals surface area contributed by atoms with Gasteiger partial charge in [0.15, 0.2) is 0 Å². The van der Waals surface area contributed by atoms with Crippen molar-refractivity contribution >= 4 is 11.7 Å². The third kappa shape index (κ3) is 4.21. The van der Waals surface area contributed by atoms with Gasteiger partial charge in [0.2, 0.25) is 5.91 Å². The molecule has 1 N–H and O–H groups in total. The van der Waals surface area contributed by atoms with Gasteiger partial charge >= 0.3 is 0 Å². The highest BCUT2D eigenvalue weighted by molar-refractivity contribution is 5.76. The number of pyridine rings is 1. The number of hydrogen-bond acceptors (Lipinski definition) is 3. The van der Waals surface area contributed by atoms with Gasteiger partial charge in [-0.3, -0.25) is 4.79 Å². The summed E-state index contributed by atoms with van der Waals surface area (Å²) in [7, 11) is 0. The lowest BCUT2D eigenvalue weighted by molar-refractivity contribution is -0.122. The van der Waals surface area contributed by atoms with Gasteiger partial charge in [-0.1, -0.05) is 18.9 Å². The lowest BCUT2D eigenvalue weighted by Gasteiger charge is -2.27. The molecule has 4 heteroatoms. The summed E-state index contributed by atoms with van der Waals surface area (Å²) in [6.07, 6.45) is 11.5. The van der Waals surface area contributed by atoms with E-state index in [0.29, 0.717) is 18.9 Å². The van der Waals surface area contributed by atoms with Crippen LogP contribution in [-0.4, -0.2) is 24.0 Å². The molecule has 3 rings (SSSR count). The van der Waals surface area contributed by atoms with Gasteiger partial charge < -0.3 is 10.2 Å². The van der Waals surface area contributed by atoms with Crippen LogP contribution in [0.2, 0.25) is 0 Å². The van der Waals surface area contributed by atoms with Crippen LogP contribution in [0.1, 0.15) is 56.9 Å². The first kappa shape index (κ1) is 15.3. The predicted octanol–water partition coefficient (Wildman–Crippen LogP) is 3.27. The Morgan fingerprint density at radius 1 is 1.14 bits per heavy atom. The van der Waals surface area contributed by atoms with E-state index in [9.17, 15) is 4.79 Å². The molecule has 0 radical (unpaired) electrons. The molecule has 120 valence electrons. The first-order valence-corrected chi connectivity index (χ1v) is 8.78. The van der Waals surface area contributed by atoms with E-state index in [-0.39, 0.29) is 5.91 Å². The molecule has 2 aliphatic rings. The molecule has 0 unspecified atom stereocenters. The van der Waals surface area contributed by atoms with Crippen molar-refractivity contribution in [1.29, 1.82) is 0 Å². The highest BCUT2D eigenvalue weighted by Crippen LogP contribution is 2.27. The van der Waals surface area contributed by atoms with Crippen LogP contribution < -0.4 is 10.2 Å². The molecule has 0 aromatic carbocycles. The number of hydrogen-bond donors (Lipinski definition) is 1. The lowest BCUT2D eigenvalue weighted by atomic mass is 10.0. The summed E-state index contributed by atoms with van der Waals surface area (Å²) in [5, 5.41) is 3.03. The number of amides is 1. The van der Waals surface area contributed by atoms with Crippen molar-refractivity contribution in [2.24, 2.45) is 5.92 Å². The van der Waals surface area contributed by atoms with Crippen LogP contribution >= 0.6 is 0 Å². The molecule has 1 aromatic heterocycles. The molecule has 1 aliphatic heterocycles. The maximum absolute atomic E-state index is 11.9. The van der Waals surface area contributed by atoms with E-state index >= 15 is 0 Å². The second kappa shape index (κ2) is 7.61. The molecule has 0 spiro atoms. The molecule has 1 aromatic rings. The molecule has 1 saturated carbocycles. The topological polar surface area (TPSA) is 45.2 Å². The highest BCUT2D eigenvalue weighted by Gasteiger charge is 2.18. The zero-order chi connectivity index (χ0) is 15.2. The standard InChI is InChI=1S/C18H27N3O/c22-18(12-15-6-2-3-7-15)20-14-16-8-9-17(19-13-16)21-10-4-1-5-11-21/h8-9,13,15H,1-7,10-12,14H2,(H,20,22). The SMILES string of the molecule is O=C(CC1CCCC1)NCc1ccc(N2CCCCC2)nc1. The maximum Gasteiger partial charge on any atom is 0.220 e. The van der Waals surface area contributed by atoms with Crippen LogP contribution in [0.15, 0.2) is 18.3 Å². The van der Waals surface area contributed by atoms with E-state index in [4.69, 9.17) is 0 Å². The van der Waals surface area contributed by atoms with Crippen molar-refractivity contribution in [2.75, 3.05) is 18.0 Å². The van der Waals surface area contributed by atoms with Crippen LogP contribution in [0, 0.1) is 5.92 Å². The Morgan fingerprint density at radius 3 is 2.59 bits per heavy atom. The molecular weight excluding hydrogens is 274 g/mol. The quantitative estimate of drug-likeness (QED) is 0.908. The van der Waals surface area contributed by atoms with Crippen molar-refractivity contribution in [2.45, 2.75) is 57.9 Å². The van der Waals surface area contributed by atoms with E-state index in [0.717, 1.165) is 24.5 Å². The van der Waals surface area contributed by atoms with Gasteiger partial charge in [-0.2, -0.15) is 0 Å². The molecule has 4 nitrogen and oxygen atoms in total. The molecular formula is C18H27N3O. The third-order valence-electron chi connectivity index (χ3n) is 4.93. The van der Waals surface area contributed by atoms with Crippen molar-refractivity contribution in [3.8, 4) is 0 Å². The van der Waals surface area contributed by atoms with Crippen LogP contribution in [0.25, 0.3) is 0 Å². The second-order valence-electron chi connectivity index (χ2n) is 6.70. The molecule has 2 fully saturated rings. The number of nitrogens with zero attached hydrogens (tertiary/aromatic N) is 2. The first-order valence-electron chi connectivity index (χ1n) is 8.78. The summed E-state index contributed by atoms with van der Waals surface area (Å²) < 4.78 is 0. The van der Waals surface area contributed by atoms with Crippen LogP contribution in [0.3, 0.4) is 0 Å². The highest BCUT2D eigenvalue weighted by atomic mass is 16.1. The minimum Gasteiger partial charge on any atom is -0.357 e. The Labute approximate surface area is 133 Å². The van der Waals surface area contributed by atoms with Crippen molar-refractivity contribution in [3.63, 3.8) is 0 Å². The average molecular weight is 301 g/mol. The minimum absolute atomic E-state index is 0.187. The maximum atomic E-state index is 11.9. The summed E-state index contributed by atoms with van der Waals surface area (Å²) in [4.78, 5) is 18.9. The number of carbonyl (C=O) groups is 1. The largest absolute Gasteiger partial charge is 0.357 e. The smallest absolute Gasteiger partial charge is 0.220 e. The van der Waals surface area contributed by atoms with E-state index in [1.807, 2.05) is 6.20 Å². The lowest BCUT2D eigenvalue weighted by Crippen LogP contribution is -2.30. The minimum atomic E-state index is 0.187. The molecule has 22 heavy (non-hydrogen) atoms. The number of anilines is 1. The molecule has 0 bridgehead atoms. The first-order chi connectivity index (χ1) is 10.8. The monoisotopic (exact) mass is 301 g/mol. The molecule has 1 amide bonds. The fourth-order valence-electron chi connectivity index (χ4n) is 3.58. The van der Waals surface area contributed by atoms with Gasteiger partial charge in [0.25, 0.3) is 0 Å². The van der Waals surface area contributed by atoms with Crippen LogP contribution in [0.4, 0.5) is 5.82 Å². The summed E-state index contributed by atoms with van der Waals surface area (Å²) >= 11 is 0. The Balaban J connectivity index is 1.45. The Kier molecular flexibility index (Phi) is 5.30. The van der Waals surface area contributed by atoms with Gasteiger partial charge in [-0.05, 0) is 49.7 Å². The average Bonchev–Trinajstić information content (AvgIpc) is 3.07. The van der Waals surface area contributed by atoms with Gasteiger partial charge in [0.1, 0.15) is 5.82 Å². The summed E-state index contributed by atoms with van der Waals surface area (Å²) in [5.41, 5.74) is 1.08. The van der Waals surface area contributed by atoms with Gasteiger partial charge in [0.05, 0.1) is 0 Å². The van der Waals surface area contributed by atoms with E-state index in [2.05, 4.69) is 27.3 Å². The zero-order valence-electron chi connectivity index (χ0n) is 13.4. The van der Waals surface area contributed by atoms with Crippen molar-refractivity contribution < 1.29 is 4.79 Å². The van der Waals surface area contributed by atoms with Crippen molar-refractivity contribution in [1.82, 2.24) is 10.3 Å². The number of piperidine rings is 1.